The Hall–Kier alpha value is -0.190. The van der Waals surface area contributed by atoms with E-state index in [9.17, 15) is 8.78 Å². The van der Waals surface area contributed by atoms with E-state index in [4.69, 9.17) is 5.73 Å². The monoisotopic (exact) mass is 213 g/mol. The summed E-state index contributed by atoms with van der Waals surface area (Å²) in [4.78, 5) is 0. The summed E-state index contributed by atoms with van der Waals surface area (Å²) in [5.41, 5.74) is 6.27. The molecule has 1 heterocycles. The molecule has 0 aliphatic rings. The predicted molar refractivity (Wildman–Crippen MR) is 49.1 cm³/mol. The van der Waals surface area contributed by atoms with Gasteiger partial charge in [-0.25, -0.2) is 8.78 Å². The van der Waals surface area contributed by atoms with E-state index < -0.39 is 12.5 Å². The quantitative estimate of drug-likeness (QED) is 0.821. The molecule has 1 aromatic heterocycles. The summed E-state index contributed by atoms with van der Waals surface area (Å²) in [7, 11) is 0. The van der Waals surface area contributed by atoms with Crippen LogP contribution in [0.2, 0.25) is 0 Å². The SMILES string of the molecule is Cl.N[C@@H](CC(F)F)c1ccsc1. The Balaban J connectivity index is 0.00000121. The molecule has 0 bridgehead atoms. The third-order valence-electron chi connectivity index (χ3n) is 1.40. The van der Waals surface area contributed by atoms with Crippen molar-refractivity contribution in [1.82, 2.24) is 0 Å². The van der Waals surface area contributed by atoms with Gasteiger partial charge in [0, 0.05) is 12.5 Å². The van der Waals surface area contributed by atoms with Gasteiger partial charge in [-0.2, -0.15) is 11.3 Å². The molecule has 0 saturated heterocycles. The first-order valence-electron chi connectivity index (χ1n) is 3.26. The third-order valence-corrected chi connectivity index (χ3v) is 2.10. The van der Waals surface area contributed by atoms with Gasteiger partial charge in [-0.1, -0.05) is 0 Å². The van der Waals surface area contributed by atoms with Crippen LogP contribution in [0.25, 0.3) is 0 Å². The molecule has 1 aromatic rings. The first-order valence-corrected chi connectivity index (χ1v) is 4.20. The minimum Gasteiger partial charge on any atom is -0.324 e. The number of hydrogen-bond donors (Lipinski definition) is 1. The standard InChI is InChI=1S/C7H9F2NS.ClH/c8-7(9)3-6(10)5-1-2-11-4-5;/h1-2,4,6-7H,3,10H2;1H/t6-;/m0./s1. The summed E-state index contributed by atoms with van der Waals surface area (Å²) in [6.45, 7) is 0. The summed E-state index contributed by atoms with van der Waals surface area (Å²) in [6, 6.07) is 1.26. The molecule has 0 radical (unpaired) electrons. The molecule has 0 aliphatic carbocycles. The molecule has 1 nitrogen and oxygen atoms in total. The highest BCUT2D eigenvalue weighted by Crippen LogP contribution is 2.19. The zero-order valence-electron chi connectivity index (χ0n) is 6.24. The molecular formula is C7H10ClF2NS. The van der Waals surface area contributed by atoms with Crippen molar-refractivity contribution in [2.45, 2.75) is 18.9 Å². The highest BCUT2D eigenvalue weighted by molar-refractivity contribution is 7.07. The second-order valence-electron chi connectivity index (χ2n) is 2.29. The normalized spacial score (nSPS) is 12.7. The van der Waals surface area contributed by atoms with E-state index in [0.717, 1.165) is 5.56 Å². The van der Waals surface area contributed by atoms with Crippen LogP contribution in [0.5, 0.6) is 0 Å². The number of hydrogen-bond acceptors (Lipinski definition) is 2. The van der Waals surface area contributed by atoms with E-state index in [1.54, 1.807) is 11.4 Å². The molecule has 0 amide bonds. The first-order chi connectivity index (χ1) is 5.20. The lowest BCUT2D eigenvalue weighted by atomic mass is 10.1. The molecule has 70 valence electrons. The Kier molecular flexibility index (Phi) is 5.37. The average Bonchev–Trinajstić information content (AvgIpc) is 2.35. The maximum absolute atomic E-state index is 11.8. The van der Waals surface area contributed by atoms with Crippen molar-refractivity contribution in [1.29, 1.82) is 0 Å². The van der Waals surface area contributed by atoms with Crippen molar-refractivity contribution in [2.24, 2.45) is 5.73 Å². The minimum absolute atomic E-state index is 0. The topological polar surface area (TPSA) is 26.0 Å². The largest absolute Gasteiger partial charge is 0.324 e. The van der Waals surface area contributed by atoms with Crippen molar-refractivity contribution in [2.75, 3.05) is 0 Å². The van der Waals surface area contributed by atoms with Crippen LogP contribution in [0, 0.1) is 0 Å². The molecule has 0 saturated carbocycles. The fraction of sp³-hybridized carbons (Fsp3) is 0.429. The first kappa shape index (κ1) is 11.8. The van der Waals surface area contributed by atoms with E-state index in [2.05, 4.69) is 0 Å². The van der Waals surface area contributed by atoms with Gasteiger partial charge < -0.3 is 5.73 Å². The number of alkyl halides is 2. The Morgan fingerprint density at radius 3 is 2.58 bits per heavy atom. The van der Waals surface area contributed by atoms with E-state index in [0.29, 0.717) is 0 Å². The van der Waals surface area contributed by atoms with Gasteiger partial charge >= 0.3 is 0 Å². The van der Waals surface area contributed by atoms with Crippen molar-refractivity contribution >= 4 is 23.7 Å². The summed E-state index contributed by atoms with van der Waals surface area (Å²) in [5, 5.41) is 3.63. The van der Waals surface area contributed by atoms with Gasteiger partial charge in [0.1, 0.15) is 0 Å². The van der Waals surface area contributed by atoms with Crippen molar-refractivity contribution in [3.05, 3.63) is 22.4 Å². The number of nitrogens with two attached hydrogens (primary N) is 1. The maximum Gasteiger partial charge on any atom is 0.240 e. The van der Waals surface area contributed by atoms with E-state index in [1.807, 2.05) is 5.38 Å². The Labute approximate surface area is 80.0 Å². The van der Waals surface area contributed by atoms with Crippen LogP contribution in [0.4, 0.5) is 8.78 Å². The van der Waals surface area contributed by atoms with E-state index >= 15 is 0 Å². The van der Waals surface area contributed by atoms with Crippen LogP contribution >= 0.6 is 23.7 Å². The van der Waals surface area contributed by atoms with Crippen LogP contribution in [0.15, 0.2) is 16.8 Å². The van der Waals surface area contributed by atoms with Gasteiger partial charge in [-0.15, -0.1) is 12.4 Å². The van der Waals surface area contributed by atoms with Crippen LogP contribution in [-0.4, -0.2) is 6.43 Å². The lowest BCUT2D eigenvalue weighted by Gasteiger charge is -2.07. The van der Waals surface area contributed by atoms with Crippen molar-refractivity contribution < 1.29 is 8.78 Å². The second-order valence-corrected chi connectivity index (χ2v) is 3.07. The molecule has 0 aromatic carbocycles. The highest BCUT2D eigenvalue weighted by atomic mass is 35.5. The van der Waals surface area contributed by atoms with Gasteiger partial charge in [-0.3, -0.25) is 0 Å². The Morgan fingerprint density at radius 2 is 2.17 bits per heavy atom. The maximum atomic E-state index is 11.8. The van der Waals surface area contributed by atoms with Crippen LogP contribution in [-0.2, 0) is 0 Å². The molecule has 0 unspecified atom stereocenters. The van der Waals surface area contributed by atoms with Crippen LogP contribution < -0.4 is 5.73 Å². The lowest BCUT2D eigenvalue weighted by molar-refractivity contribution is 0.128. The zero-order chi connectivity index (χ0) is 8.27. The van der Waals surface area contributed by atoms with Gasteiger partial charge in [0.25, 0.3) is 0 Å². The molecule has 0 aliphatic heterocycles. The zero-order valence-corrected chi connectivity index (χ0v) is 7.88. The lowest BCUT2D eigenvalue weighted by Crippen LogP contribution is -2.12. The molecule has 0 spiro atoms. The van der Waals surface area contributed by atoms with Gasteiger partial charge in [0.2, 0.25) is 6.43 Å². The van der Waals surface area contributed by atoms with E-state index in [-0.39, 0.29) is 18.8 Å². The Bertz CT molecular complexity index is 203. The van der Waals surface area contributed by atoms with Gasteiger partial charge in [-0.05, 0) is 22.4 Å². The number of thiophene rings is 1. The smallest absolute Gasteiger partial charge is 0.240 e. The summed E-state index contributed by atoms with van der Waals surface area (Å²) >= 11 is 1.47. The summed E-state index contributed by atoms with van der Waals surface area (Å²) in [5.74, 6) is 0. The predicted octanol–water partition coefficient (Wildman–Crippen LogP) is 2.82. The second kappa shape index (κ2) is 5.45. The molecule has 1 atom stereocenters. The number of halogens is 3. The van der Waals surface area contributed by atoms with Crippen LogP contribution in [0.1, 0.15) is 18.0 Å². The third kappa shape index (κ3) is 3.47. The molecule has 5 heteroatoms. The summed E-state index contributed by atoms with van der Waals surface area (Å²) in [6.07, 6.45) is -2.57. The van der Waals surface area contributed by atoms with Gasteiger partial charge in [0.15, 0.2) is 0 Å². The molecule has 1 rings (SSSR count). The number of rotatable bonds is 3. The molecule has 0 fully saturated rings. The molecule has 2 N–H and O–H groups in total. The van der Waals surface area contributed by atoms with Crippen LogP contribution in [0.3, 0.4) is 0 Å². The van der Waals surface area contributed by atoms with Crippen molar-refractivity contribution in [3.63, 3.8) is 0 Å². The average molecular weight is 214 g/mol. The van der Waals surface area contributed by atoms with Crippen molar-refractivity contribution in [3.8, 4) is 0 Å². The Morgan fingerprint density at radius 1 is 1.50 bits per heavy atom. The molecular weight excluding hydrogens is 204 g/mol. The minimum atomic E-state index is -2.31. The highest BCUT2D eigenvalue weighted by Gasteiger charge is 2.12. The fourth-order valence-electron chi connectivity index (χ4n) is 0.814. The van der Waals surface area contributed by atoms with E-state index in [1.165, 1.54) is 11.3 Å². The fourth-order valence-corrected chi connectivity index (χ4v) is 1.54. The summed E-state index contributed by atoms with van der Waals surface area (Å²) < 4.78 is 23.6. The van der Waals surface area contributed by atoms with Gasteiger partial charge in [0.05, 0.1) is 0 Å². The molecule has 12 heavy (non-hydrogen) atoms.